The maximum absolute atomic E-state index is 13.0. The number of ether oxygens (including phenoxy) is 3. The standard InChI is InChI=1S/C26H30ClN3O5/c1-17-22(18(2)35-29-17)16-34-24-9-6-20(14-25(24)32-3)26(31)28-15-23(30-10-12-33-13-11-30)19-4-7-21(27)8-5-19/h4-9,14,23H,10-13,15-16H2,1-3H3,(H,28,31). The van der Waals surface area contributed by atoms with E-state index in [1.807, 2.05) is 38.1 Å². The second kappa shape index (κ2) is 11.6. The molecule has 0 bridgehead atoms. The molecule has 35 heavy (non-hydrogen) atoms. The number of nitrogens with one attached hydrogen (secondary N) is 1. The lowest BCUT2D eigenvalue weighted by Gasteiger charge is -2.35. The van der Waals surface area contributed by atoms with Crippen molar-refractivity contribution in [3.63, 3.8) is 0 Å². The normalized spacial score (nSPS) is 15.0. The van der Waals surface area contributed by atoms with Gasteiger partial charge in [-0.25, -0.2) is 0 Å². The second-order valence-corrected chi connectivity index (χ2v) is 8.82. The molecule has 2 heterocycles. The van der Waals surface area contributed by atoms with Gasteiger partial charge in [0.15, 0.2) is 11.5 Å². The predicted octanol–water partition coefficient (Wildman–Crippen LogP) is 4.34. The molecule has 186 valence electrons. The lowest BCUT2D eigenvalue weighted by Crippen LogP contribution is -2.43. The zero-order valence-electron chi connectivity index (χ0n) is 20.2. The number of benzene rings is 2. The topological polar surface area (TPSA) is 86.1 Å². The molecular formula is C26H30ClN3O5. The van der Waals surface area contributed by atoms with Gasteiger partial charge in [-0.1, -0.05) is 28.9 Å². The first-order valence-electron chi connectivity index (χ1n) is 11.5. The molecule has 2 aromatic carbocycles. The van der Waals surface area contributed by atoms with Gasteiger partial charge in [0.1, 0.15) is 12.4 Å². The minimum absolute atomic E-state index is 0.0136. The quantitative estimate of drug-likeness (QED) is 0.468. The summed E-state index contributed by atoms with van der Waals surface area (Å²) in [5.74, 6) is 1.55. The number of carbonyl (C=O) groups is 1. The Bertz CT molecular complexity index is 1120. The van der Waals surface area contributed by atoms with Crippen molar-refractivity contribution in [3.8, 4) is 11.5 Å². The van der Waals surface area contributed by atoms with Crippen molar-refractivity contribution in [2.24, 2.45) is 0 Å². The smallest absolute Gasteiger partial charge is 0.251 e. The Morgan fingerprint density at radius 1 is 1.14 bits per heavy atom. The Hall–Kier alpha value is -3.07. The lowest BCUT2D eigenvalue weighted by atomic mass is 10.0. The summed E-state index contributed by atoms with van der Waals surface area (Å²) in [4.78, 5) is 15.4. The van der Waals surface area contributed by atoms with Crippen LogP contribution in [0.25, 0.3) is 0 Å². The van der Waals surface area contributed by atoms with E-state index in [9.17, 15) is 4.79 Å². The van der Waals surface area contributed by atoms with Gasteiger partial charge in [0.2, 0.25) is 0 Å². The van der Waals surface area contributed by atoms with Gasteiger partial charge in [0.05, 0.1) is 37.6 Å². The Kier molecular flexibility index (Phi) is 8.28. The van der Waals surface area contributed by atoms with Crippen LogP contribution >= 0.6 is 11.6 Å². The summed E-state index contributed by atoms with van der Waals surface area (Å²) in [7, 11) is 1.55. The van der Waals surface area contributed by atoms with Gasteiger partial charge in [0.25, 0.3) is 5.91 Å². The fraction of sp³-hybridized carbons (Fsp3) is 0.385. The molecule has 1 atom stereocenters. The largest absolute Gasteiger partial charge is 0.493 e. The average molecular weight is 500 g/mol. The van der Waals surface area contributed by atoms with Gasteiger partial charge >= 0.3 is 0 Å². The predicted molar refractivity (Wildman–Crippen MR) is 132 cm³/mol. The molecule has 9 heteroatoms. The van der Waals surface area contributed by atoms with Crippen molar-refractivity contribution in [1.82, 2.24) is 15.4 Å². The minimum atomic E-state index is -0.187. The molecule has 1 N–H and O–H groups in total. The zero-order chi connectivity index (χ0) is 24.8. The molecule has 0 radical (unpaired) electrons. The van der Waals surface area contributed by atoms with Crippen molar-refractivity contribution in [3.05, 3.63) is 75.6 Å². The van der Waals surface area contributed by atoms with Crippen molar-refractivity contribution in [2.45, 2.75) is 26.5 Å². The van der Waals surface area contributed by atoms with E-state index in [4.69, 9.17) is 30.3 Å². The van der Waals surface area contributed by atoms with Crippen LogP contribution in [0.5, 0.6) is 11.5 Å². The molecule has 4 rings (SSSR count). The number of halogens is 1. The molecule has 3 aromatic rings. The van der Waals surface area contributed by atoms with E-state index in [1.54, 1.807) is 25.3 Å². The number of hydrogen-bond acceptors (Lipinski definition) is 7. The number of rotatable bonds is 9. The first-order chi connectivity index (χ1) is 17.0. The van der Waals surface area contributed by atoms with E-state index in [2.05, 4.69) is 15.4 Å². The molecular weight excluding hydrogens is 470 g/mol. The van der Waals surface area contributed by atoms with Crippen LogP contribution in [0.1, 0.15) is 39.0 Å². The van der Waals surface area contributed by atoms with Gasteiger partial charge in [-0.2, -0.15) is 0 Å². The first kappa shape index (κ1) is 25.0. The van der Waals surface area contributed by atoms with Crippen LogP contribution in [-0.2, 0) is 11.3 Å². The average Bonchev–Trinajstić information content (AvgIpc) is 3.21. The summed E-state index contributed by atoms with van der Waals surface area (Å²) in [5.41, 5.74) is 3.26. The molecule has 1 amide bonds. The second-order valence-electron chi connectivity index (χ2n) is 8.38. The van der Waals surface area contributed by atoms with Crippen LogP contribution in [-0.4, -0.2) is 55.9 Å². The van der Waals surface area contributed by atoms with Crippen LogP contribution in [0.4, 0.5) is 0 Å². The monoisotopic (exact) mass is 499 g/mol. The van der Waals surface area contributed by atoms with E-state index in [0.717, 1.165) is 29.9 Å². The fourth-order valence-corrected chi connectivity index (χ4v) is 4.24. The highest BCUT2D eigenvalue weighted by Crippen LogP contribution is 2.30. The minimum Gasteiger partial charge on any atom is -0.493 e. The van der Waals surface area contributed by atoms with Crippen molar-refractivity contribution < 1.29 is 23.5 Å². The molecule has 1 fully saturated rings. The van der Waals surface area contributed by atoms with E-state index in [1.165, 1.54) is 0 Å². The van der Waals surface area contributed by atoms with E-state index >= 15 is 0 Å². The molecule has 0 saturated carbocycles. The zero-order valence-corrected chi connectivity index (χ0v) is 20.9. The summed E-state index contributed by atoms with van der Waals surface area (Å²) in [6.07, 6.45) is 0. The number of nitrogens with zero attached hydrogens (tertiary/aromatic N) is 2. The van der Waals surface area contributed by atoms with Crippen molar-refractivity contribution in [1.29, 1.82) is 0 Å². The Morgan fingerprint density at radius 2 is 1.89 bits per heavy atom. The molecule has 1 aliphatic rings. The van der Waals surface area contributed by atoms with Gasteiger partial charge in [-0.15, -0.1) is 0 Å². The van der Waals surface area contributed by atoms with Gasteiger partial charge in [0, 0.05) is 30.2 Å². The number of aromatic nitrogens is 1. The van der Waals surface area contributed by atoms with Crippen molar-refractivity contribution in [2.75, 3.05) is 40.0 Å². The van der Waals surface area contributed by atoms with E-state index in [-0.39, 0.29) is 11.9 Å². The Morgan fingerprint density at radius 3 is 2.54 bits per heavy atom. The summed E-state index contributed by atoms with van der Waals surface area (Å²) < 4.78 is 22.1. The SMILES string of the molecule is COc1cc(C(=O)NCC(c2ccc(Cl)cc2)N2CCOCC2)ccc1OCc1c(C)noc1C. The Balaban J connectivity index is 1.44. The molecule has 1 aromatic heterocycles. The lowest BCUT2D eigenvalue weighted by molar-refractivity contribution is 0.0162. The highest BCUT2D eigenvalue weighted by molar-refractivity contribution is 6.30. The van der Waals surface area contributed by atoms with Gasteiger partial charge in [-0.05, 0) is 49.7 Å². The number of hydrogen-bond donors (Lipinski definition) is 1. The molecule has 1 saturated heterocycles. The van der Waals surface area contributed by atoms with Crippen LogP contribution in [0.3, 0.4) is 0 Å². The van der Waals surface area contributed by atoms with E-state index < -0.39 is 0 Å². The maximum Gasteiger partial charge on any atom is 0.251 e. The Labute approximate surface area is 210 Å². The molecule has 0 aliphatic carbocycles. The summed E-state index contributed by atoms with van der Waals surface area (Å²) >= 11 is 6.08. The fourth-order valence-electron chi connectivity index (χ4n) is 4.11. The third kappa shape index (κ3) is 6.14. The van der Waals surface area contributed by atoms with Crippen LogP contribution in [0.15, 0.2) is 47.0 Å². The number of morpholine rings is 1. The maximum atomic E-state index is 13.0. The highest BCUT2D eigenvalue weighted by atomic mass is 35.5. The summed E-state index contributed by atoms with van der Waals surface area (Å²) in [6, 6.07) is 12.9. The number of amides is 1. The summed E-state index contributed by atoms with van der Waals surface area (Å²) in [5, 5.41) is 7.71. The number of aryl methyl sites for hydroxylation is 2. The van der Waals surface area contributed by atoms with Crippen molar-refractivity contribution >= 4 is 17.5 Å². The van der Waals surface area contributed by atoms with Gasteiger partial charge < -0.3 is 24.1 Å². The highest BCUT2D eigenvalue weighted by Gasteiger charge is 2.24. The first-order valence-corrected chi connectivity index (χ1v) is 11.9. The summed E-state index contributed by atoms with van der Waals surface area (Å²) in [6.45, 7) is 7.40. The van der Waals surface area contributed by atoms with Crippen LogP contribution < -0.4 is 14.8 Å². The third-order valence-electron chi connectivity index (χ3n) is 6.18. The third-order valence-corrected chi connectivity index (χ3v) is 6.43. The number of carbonyl (C=O) groups excluding carboxylic acids is 1. The number of methoxy groups -OCH3 is 1. The van der Waals surface area contributed by atoms with Crippen LogP contribution in [0, 0.1) is 13.8 Å². The van der Waals surface area contributed by atoms with E-state index in [0.29, 0.717) is 54.2 Å². The van der Waals surface area contributed by atoms with Gasteiger partial charge in [-0.3, -0.25) is 9.69 Å². The molecule has 1 aliphatic heterocycles. The molecule has 0 spiro atoms. The molecule has 1 unspecified atom stereocenters. The van der Waals surface area contributed by atoms with Crippen LogP contribution in [0.2, 0.25) is 5.02 Å². The molecule has 8 nitrogen and oxygen atoms in total.